The summed E-state index contributed by atoms with van der Waals surface area (Å²) in [5.74, 6) is -0.791. The maximum absolute atomic E-state index is 12.2. The van der Waals surface area contributed by atoms with Crippen LogP contribution in [0.15, 0.2) is 36.5 Å². The zero-order valence-electron chi connectivity index (χ0n) is 14.0. The predicted octanol–water partition coefficient (Wildman–Crippen LogP) is 1.55. The first-order valence-corrected chi connectivity index (χ1v) is 7.95. The second-order valence-electron chi connectivity index (χ2n) is 5.42. The van der Waals surface area contributed by atoms with E-state index in [1.807, 2.05) is 18.2 Å². The zero-order valence-corrected chi connectivity index (χ0v) is 14.0. The standard InChI is InChI=1S/C17H22N4O3/c1-3-24-16(22)13-20(2)17(23)15-12-21(19-18-15)11-7-10-14-8-5-4-6-9-14/h4-6,8-9,12H,3,7,10-11,13H2,1-2H3. The van der Waals surface area contributed by atoms with Crippen molar-refractivity contribution in [1.29, 1.82) is 0 Å². The van der Waals surface area contributed by atoms with E-state index in [-0.39, 0.29) is 18.1 Å². The molecule has 2 rings (SSSR count). The number of aryl methyl sites for hydroxylation is 2. The van der Waals surface area contributed by atoms with Gasteiger partial charge >= 0.3 is 5.97 Å². The van der Waals surface area contributed by atoms with E-state index in [1.54, 1.807) is 17.8 Å². The van der Waals surface area contributed by atoms with Crippen LogP contribution < -0.4 is 0 Å². The van der Waals surface area contributed by atoms with Gasteiger partial charge in [-0.15, -0.1) is 5.10 Å². The van der Waals surface area contributed by atoms with Crippen molar-refractivity contribution in [2.45, 2.75) is 26.3 Å². The minimum Gasteiger partial charge on any atom is -0.465 e. The second-order valence-corrected chi connectivity index (χ2v) is 5.42. The molecule has 0 fully saturated rings. The Morgan fingerprint density at radius 1 is 1.25 bits per heavy atom. The Morgan fingerprint density at radius 3 is 2.71 bits per heavy atom. The Hall–Kier alpha value is -2.70. The molecule has 7 heteroatoms. The highest BCUT2D eigenvalue weighted by molar-refractivity contribution is 5.93. The second kappa shape index (κ2) is 8.81. The number of amides is 1. The van der Waals surface area contributed by atoms with E-state index in [2.05, 4.69) is 22.4 Å². The fraction of sp³-hybridized carbons (Fsp3) is 0.412. The topological polar surface area (TPSA) is 77.3 Å². The lowest BCUT2D eigenvalue weighted by molar-refractivity contribution is -0.143. The Kier molecular flexibility index (Phi) is 6.48. The molecule has 128 valence electrons. The largest absolute Gasteiger partial charge is 0.465 e. The molecule has 0 unspecified atom stereocenters. The third-order valence-corrected chi connectivity index (χ3v) is 3.47. The molecule has 0 saturated carbocycles. The molecule has 0 aliphatic rings. The van der Waals surface area contributed by atoms with Gasteiger partial charge in [-0.1, -0.05) is 35.5 Å². The van der Waals surface area contributed by atoms with Gasteiger partial charge in [0.05, 0.1) is 12.8 Å². The van der Waals surface area contributed by atoms with Crippen LogP contribution in [0.5, 0.6) is 0 Å². The Balaban J connectivity index is 1.83. The summed E-state index contributed by atoms with van der Waals surface area (Å²) in [7, 11) is 1.54. The molecule has 0 spiro atoms. The predicted molar refractivity (Wildman–Crippen MR) is 88.4 cm³/mol. The summed E-state index contributed by atoms with van der Waals surface area (Å²) in [5.41, 5.74) is 1.49. The summed E-state index contributed by atoms with van der Waals surface area (Å²) >= 11 is 0. The van der Waals surface area contributed by atoms with Crippen LogP contribution >= 0.6 is 0 Å². The Morgan fingerprint density at radius 2 is 2.00 bits per heavy atom. The first kappa shape index (κ1) is 17.7. The van der Waals surface area contributed by atoms with Crippen molar-refractivity contribution < 1.29 is 14.3 Å². The molecule has 0 bridgehead atoms. The van der Waals surface area contributed by atoms with Crippen LogP contribution in [0.25, 0.3) is 0 Å². The van der Waals surface area contributed by atoms with Crippen LogP contribution in [0.1, 0.15) is 29.4 Å². The number of hydrogen-bond acceptors (Lipinski definition) is 5. The molecular formula is C17H22N4O3. The van der Waals surface area contributed by atoms with E-state index in [1.165, 1.54) is 17.5 Å². The lowest BCUT2D eigenvalue weighted by Gasteiger charge is -2.13. The summed E-state index contributed by atoms with van der Waals surface area (Å²) in [5, 5.41) is 7.86. The number of ether oxygens (including phenoxy) is 1. The fourth-order valence-electron chi connectivity index (χ4n) is 2.26. The first-order valence-electron chi connectivity index (χ1n) is 7.95. The third-order valence-electron chi connectivity index (χ3n) is 3.47. The van der Waals surface area contributed by atoms with Crippen molar-refractivity contribution in [3.63, 3.8) is 0 Å². The highest BCUT2D eigenvalue weighted by Crippen LogP contribution is 2.05. The van der Waals surface area contributed by atoms with Crippen molar-refractivity contribution >= 4 is 11.9 Å². The van der Waals surface area contributed by atoms with E-state index in [4.69, 9.17) is 4.74 Å². The van der Waals surface area contributed by atoms with E-state index in [0.717, 1.165) is 12.8 Å². The number of likely N-dealkylation sites (N-methyl/N-ethyl adjacent to an activating group) is 1. The highest BCUT2D eigenvalue weighted by Gasteiger charge is 2.18. The van der Waals surface area contributed by atoms with Gasteiger partial charge in [0.25, 0.3) is 5.91 Å². The quantitative estimate of drug-likeness (QED) is 0.686. The first-order chi connectivity index (χ1) is 11.6. The summed E-state index contributed by atoms with van der Waals surface area (Å²) < 4.78 is 6.47. The van der Waals surface area contributed by atoms with Crippen LogP contribution in [0.3, 0.4) is 0 Å². The van der Waals surface area contributed by atoms with Crippen molar-refractivity contribution in [2.24, 2.45) is 0 Å². The van der Waals surface area contributed by atoms with Gasteiger partial charge in [0.2, 0.25) is 0 Å². The van der Waals surface area contributed by atoms with Crippen LogP contribution in [0.2, 0.25) is 0 Å². The minimum atomic E-state index is -0.441. The lowest BCUT2D eigenvalue weighted by atomic mass is 10.1. The maximum atomic E-state index is 12.2. The van der Waals surface area contributed by atoms with E-state index in [9.17, 15) is 9.59 Å². The van der Waals surface area contributed by atoms with Gasteiger partial charge in [0, 0.05) is 13.6 Å². The van der Waals surface area contributed by atoms with Gasteiger partial charge in [-0.25, -0.2) is 0 Å². The molecule has 1 amide bonds. The van der Waals surface area contributed by atoms with Gasteiger partial charge in [-0.05, 0) is 25.3 Å². The van der Waals surface area contributed by atoms with Crippen molar-refractivity contribution in [3.8, 4) is 0 Å². The third kappa shape index (κ3) is 5.19. The fourth-order valence-corrected chi connectivity index (χ4v) is 2.26. The minimum absolute atomic E-state index is 0.104. The zero-order chi connectivity index (χ0) is 17.4. The molecule has 1 aromatic heterocycles. The van der Waals surface area contributed by atoms with Crippen LogP contribution in [0.4, 0.5) is 0 Å². The van der Waals surface area contributed by atoms with Gasteiger partial charge < -0.3 is 9.64 Å². The molecular weight excluding hydrogens is 308 g/mol. The van der Waals surface area contributed by atoms with Crippen molar-refractivity contribution in [1.82, 2.24) is 19.9 Å². The molecule has 1 heterocycles. The van der Waals surface area contributed by atoms with Gasteiger partial charge in [-0.2, -0.15) is 0 Å². The van der Waals surface area contributed by atoms with Crippen molar-refractivity contribution in [2.75, 3.05) is 20.2 Å². The smallest absolute Gasteiger partial charge is 0.325 e. The molecule has 1 aromatic carbocycles. The van der Waals surface area contributed by atoms with E-state index >= 15 is 0 Å². The molecule has 0 N–H and O–H groups in total. The molecule has 2 aromatic rings. The highest BCUT2D eigenvalue weighted by atomic mass is 16.5. The van der Waals surface area contributed by atoms with Gasteiger partial charge in [-0.3, -0.25) is 14.3 Å². The lowest BCUT2D eigenvalue weighted by Crippen LogP contribution is -2.33. The van der Waals surface area contributed by atoms with Crippen LogP contribution in [0, 0.1) is 0 Å². The monoisotopic (exact) mass is 330 g/mol. The number of carbonyl (C=O) groups excluding carboxylic acids is 2. The SMILES string of the molecule is CCOC(=O)CN(C)C(=O)c1cn(CCCc2ccccc2)nn1. The molecule has 0 atom stereocenters. The number of esters is 1. The van der Waals surface area contributed by atoms with Gasteiger partial charge in [0.1, 0.15) is 6.54 Å². The summed E-state index contributed by atoms with van der Waals surface area (Å²) in [6.45, 7) is 2.59. The van der Waals surface area contributed by atoms with Gasteiger partial charge in [0.15, 0.2) is 5.69 Å². The summed E-state index contributed by atoms with van der Waals surface area (Å²) in [4.78, 5) is 24.9. The Labute approximate surface area is 141 Å². The van der Waals surface area contributed by atoms with E-state index in [0.29, 0.717) is 13.2 Å². The van der Waals surface area contributed by atoms with Crippen LogP contribution in [-0.2, 0) is 22.5 Å². The number of aromatic nitrogens is 3. The molecule has 0 aliphatic carbocycles. The summed E-state index contributed by atoms with van der Waals surface area (Å²) in [6, 6.07) is 10.2. The maximum Gasteiger partial charge on any atom is 0.325 e. The average Bonchev–Trinajstić information content (AvgIpc) is 3.04. The van der Waals surface area contributed by atoms with Crippen LogP contribution in [-0.4, -0.2) is 52.0 Å². The molecule has 0 aliphatic heterocycles. The summed E-state index contributed by atoms with van der Waals surface area (Å²) in [6.07, 6.45) is 3.45. The van der Waals surface area contributed by atoms with E-state index < -0.39 is 5.97 Å². The molecule has 0 saturated heterocycles. The molecule has 0 radical (unpaired) electrons. The molecule has 7 nitrogen and oxygen atoms in total. The number of carbonyl (C=O) groups is 2. The number of hydrogen-bond donors (Lipinski definition) is 0. The molecule has 24 heavy (non-hydrogen) atoms. The number of benzene rings is 1. The normalized spacial score (nSPS) is 10.4. The average molecular weight is 330 g/mol. The van der Waals surface area contributed by atoms with Crippen molar-refractivity contribution in [3.05, 3.63) is 47.8 Å². The Bertz CT molecular complexity index is 669. The number of rotatable bonds is 8. The number of nitrogens with zero attached hydrogens (tertiary/aromatic N) is 4.